The molecule has 23 heavy (non-hydrogen) atoms. The number of carbonyl (C=O) groups is 1. The molecule has 0 spiro atoms. The van der Waals surface area contributed by atoms with Crippen LogP contribution in [-0.4, -0.2) is 61.7 Å². The first kappa shape index (κ1) is 18.3. The fraction of sp³-hybridized carbons (Fsp3) is 0.562. The lowest BCUT2D eigenvalue weighted by atomic mass is 10.2. The van der Waals surface area contributed by atoms with Crippen molar-refractivity contribution in [2.75, 3.05) is 38.2 Å². The van der Waals surface area contributed by atoms with Crippen molar-refractivity contribution in [3.05, 3.63) is 35.4 Å². The minimum Gasteiger partial charge on any atom is -0.341 e. The van der Waals surface area contributed by atoms with E-state index in [1.165, 1.54) is 21.7 Å². The summed E-state index contributed by atoms with van der Waals surface area (Å²) in [5, 5.41) is 0. The molecule has 0 bridgehead atoms. The van der Waals surface area contributed by atoms with Crippen LogP contribution >= 0.6 is 11.8 Å². The second kappa shape index (κ2) is 8.17. The fourth-order valence-corrected chi connectivity index (χ4v) is 4.27. The van der Waals surface area contributed by atoms with Gasteiger partial charge in [-0.15, -0.1) is 11.8 Å². The van der Waals surface area contributed by atoms with E-state index < -0.39 is 10.0 Å². The number of aryl methyl sites for hydroxylation is 1. The number of hydrogen-bond acceptors (Lipinski definition) is 4. The highest BCUT2D eigenvalue weighted by molar-refractivity contribution is 7.99. The van der Waals surface area contributed by atoms with Crippen molar-refractivity contribution in [1.29, 1.82) is 0 Å². The summed E-state index contributed by atoms with van der Waals surface area (Å²) < 4.78 is 24.6. The van der Waals surface area contributed by atoms with Crippen LogP contribution < -0.4 is 0 Å². The van der Waals surface area contributed by atoms with Crippen LogP contribution in [0.3, 0.4) is 0 Å². The standard InChI is InChI=1S/C16H24N2O3S2/c1-14-4-6-15(7-5-14)12-22-13-16(19)17-8-3-9-18(11-10-17)23(2,20)21/h4-7H,3,8-13H2,1-2H3. The highest BCUT2D eigenvalue weighted by Crippen LogP contribution is 2.15. The normalized spacial score (nSPS) is 17.0. The molecular formula is C16H24N2O3S2. The molecule has 0 saturated carbocycles. The number of hydrogen-bond donors (Lipinski definition) is 0. The van der Waals surface area contributed by atoms with Gasteiger partial charge in [0, 0.05) is 31.9 Å². The molecule has 1 saturated heterocycles. The summed E-state index contributed by atoms with van der Waals surface area (Å²) in [5.41, 5.74) is 2.45. The number of nitrogens with zero attached hydrogens (tertiary/aromatic N) is 2. The van der Waals surface area contributed by atoms with E-state index in [1.54, 1.807) is 16.7 Å². The summed E-state index contributed by atoms with van der Waals surface area (Å²) >= 11 is 1.60. The maximum absolute atomic E-state index is 12.3. The lowest BCUT2D eigenvalue weighted by Gasteiger charge is -2.21. The minimum atomic E-state index is -3.16. The zero-order valence-corrected chi connectivity index (χ0v) is 15.3. The van der Waals surface area contributed by atoms with Gasteiger partial charge in [-0.25, -0.2) is 12.7 Å². The molecule has 0 N–H and O–H groups in total. The van der Waals surface area contributed by atoms with Crippen molar-refractivity contribution < 1.29 is 13.2 Å². The molecule has 0 radical (unpaired) electrons. The first-order valence-electron chi connectivity index (χ1n) is 7.72. The number of benzene rings is 1. The van der Waals surface area contributed by atoms with E-state index in [2.05, 4.69) is 31.2 Å². The van der Waals surface area contributed by atoms with Crippen molar-refractivity contribution in [3.63, 3.8) is 0 Å². The number of amides is 1. The third-order valence-corrected chi connectivity index (χ3v) is 6.18. The van der Waals surface area contributed by atoms with Crippen LogP contribution in [0.25, 0.3) is 0 Å². The van der Waals surface area contributed by atoms with E-state index in [4.69, 9.17) is 0 Å². The van der Waals surface area contributed by atoms with Gasteiger partial charge in [0.15, 0.2) is 0 Å². The second-order valence-corrected chi connectivity index (χ2v) is 8.84. The van der Waals surface area contributed by atoms with Crippen LogP contribution in [-0.2, 0) is 20.6 Å². The highest BCUT2D eigenvalue weighted by Gasteiger charge is 2.23. The Morgan fingerprint density at radius 3 is 2.48 bits per heavy atom. The molecule has 0 aliphatic carbocycles. The van der Waals surface area contributed by atoms with Crippen LogP contribution in [0.4, 0.5) is 0 Å². The number of thioether (sulfide) groups is 1. The lowest BCUT2D eigenvalue weighted by Crippen LogP contribution is -2.37. The van der Waals surface area contributed by atoms with Gasteiger partial charge in [0.1, 0.15) is 0 Å². The zero-order chi connectivity index (χ0) is 16.9. The predicted octanol–water partition coefficient (Wildman–Crippen LogP) is 1.72. The monoisotopic (exact) mass is 356 g/mol. The maximum atomic E-state index is 12.3. The fourth-order valence-electron chi connectivity index (χ4n) is 2.51. The van der Waals surface area contributed by atoms with Crippen molar-refractivity contribution in [3.8, 4) is 0 Å². The van der Waals surface area contributed by atoms with Gasteiger partial charge in [-0.05, 0) is 18.9 Å². The maximum Gasteiger partial charge on any atom is 0.232 e. The van der Waals surface area contributed by atoms with Gasteiger partial charge in [-0.3, -0.25) is 4.79 Å². The van der Waals surface area contributed by atoms with Gasteiger partial charge in [0.2, 0.25) is 15.9 Å². The Bertz CT molecular complexity index is 629. The largest absolute Gasteiger partial charge is 0.341 e. The van der Waals surface area contributed by atoms with E-state index in [1.807, 2.05) is 0 Å². The van der Waals surface area contributed by atoms with Crippen LogP contribution in [0.15, 0.2) is 24.3 Å². The molecule has 1 heterocycles. The molecule has 0 atom stereocenters. The minimum absolute atomic E-state index is 0.0949. The Morgan fingerprint density at radius 2 is 1.83 bits per heavy atom. The smallest absolute Gasteiger partial charge is 0.232 e. The first-order valence-corrected chi connectivity index (χ1v) is 10.7. The molecule has 0 aromatic heterocycles. The molecule has 1 fully saturated rings. The average Bonchev–Trinajstić information content (AvgIpc) is 2.75. The molecule has 7 heteroatoms. The van der Waals surface area contributed by atoms with Crippen LogP contribution in [0, 0.1) is 6.92 Å². The molecule has 5 nitrogen and oxygen atoms in total. The van der Waals surface area contributed by atoms with E-state index in [9.17, 15) is 13.2 Å². The topological polar surface area (TPSA) is 57.7 Å². The average molecular weight is 357 g/mol. The van der Waals surface area contributed by atoms with Gasteiger partial charge in [0.25, 0.3) is 0 Å². The van der Waals surface area contributed by atoms with Gasteiger partial charge < -0.3 is 4.90 Å². The van der Waals surface area contributed by atoms with Crippen LogP contribution in [0.5, 0.6) is 0 Å². The third kappa shape index (κ3) is 5.82. The van der Waals surface area contributed by atoms with Crippen LogP contribution in [0.1, 0.15) is 17.5 Å². The quantitative estimate of drug-likeness (QED) is 0.806. The van der Waals surface area contributed by atoms with Gasteiger partial charge in [-0.1, -0.05) is 29.8 Å². The SMILES string of the molecule is Cc1ccc(CSCC(=O)N2CCCN(S(C)(=O)=O)CC2)cc1. The van der Waals surface area contributed by atoms with E-state index in [0.29, 0.717) is 38.4 Å². The number of sulfonamides is 1. The number of carbonyl (C=O) groups excluding carboxylic acids is 1. The summed E-state index contributed by atoms with van der Waals surface area (Å²) in [6.07, 6.45) is 1.92. The Morgan fingerprint density at radius 1 is 1.13 bits per heavy atom. The van der Waals surface area contributed by atoms with E-state index in [0.717, 1.165) is 5.75 Å². The highest BCUT2D eigenvalue weighted by atomic mass is 32.2. The summed E-state index contributed by atoms with van der Waals surface area (Å²) in [4.78, 5) is 14.1. The lowest BCUT2D eigenvalue weighted by molar-refractivity contribution is -0.128. The van der Waals surface area contributed by atoms with Crippen LogP contribution in [0.2, 0.25) is 0 Å². The molecule has 1 amide bonds. The zero-order valence-electron chi connectivity index (χ0n) is 13.7. The van der Waals surface area contributed by atoms with Gasteiger partial charge in [0.05, 0.1) is 12.0 Å². The van der Waals surface area contributed by atoms with Crippen molar-refractivity contribution in [1.82, 2.24) is 9.21 Å². The first-order chi connectivity index (χ1) is 10.9. The molecule has 1 aromatic rings. The number of rotatable bonds is 5. The summed E-state index contributed by atoms with van der Waals surface area (Å²) in [6.45, 7) is 4.07. The third-order valence-electron chi connectivity index (χ3n) is 3.89. The van der Waals surface area contributed by atoms with Crippen molar-refractivity contribution in [2.45, 2.75) is 19.1 Å². The predicted molar refractivity (Wildman–Crippen MR) is 95.0 cm³/mol. The molecule has 1 aromatic carbocycles. The van der Waals surface area contributed by atoms with E-state index in [-0.39, 0.29) is 5.91 Å². The Labute approximate surface area is 143 Å². The Kier molecular flexibility index (Phi) is 6.50. The molecular weight excluding hydrogens is 332 g/mol. The molecule has 1 aliphatic heterocycles. The van der Waals surface area contributed by atoms with Gasteiger partial charge in [-0.2, -0.15) is 0 Å². The molecule has 2 rings (SSSR count). The van der Waals surface area contributed by atoms with E-state index >= 15 is 0 Å². The Hall–Kier alpha value is -1.05. The molecule has 0 unspecified atom stereocenters. The molecule has 128 valence electrons. The van der Waals surface area contributed by atoms with Crippen molar-refractivity contribution in [2.24, 2.45) is 0 Å². The van der Waals surface area contributed by atoms with Crippen molar-refractivity contribution >= 4 is 27.7 Å². The molecule has 1 aliphatic rings. The second-order valence-electron chi connectivity index (χ2n) is 5.87. The summed E-state index contributed by atoms with van der Waals surface area (Å²) in [6, 6.07) is 8.32. The Balaban J connectivity index is 1.78. The summed E-state index contributed by atoms with van der Waals surface area (Å²) in [7, 11) is -3.16. The summed E-state index contributed by atoms with van der Waals surface area (Å²) in [5.74, 6) is 1.35. The van der Waals surface area contributed by atoms with Gasteiger partial charge >= 0.3 is 0 Å².